The second-order valence-electron chi connectivity index (χ2n) is 4.25. The van der Waals surface area contributed by atoms with Gasteiger partial charge in [-0.05, 0) is 24.3 Å². The Hall–Kier alpha value is -2.89. The van der Waals surface area contributed by atoms with Crippen LogP contribution in [-0.2, 0) is 0 Å². The molecule has 0 unspecified atom stereocenters. The van der Waals surface area contributed by atoms with Gasteiger partial charge in [-0.15, -0.1) is 0 Å². The number of carboxylic acids is 1. The van der Waals surface area contributed by atoms with Crippen LogP contribution >= 0.6 is 0 Å². The molecule has 3 aromatic rings. The van der Waals surface area contributed by atoms with Gasteiger partial charge in [-0.2, -0.15) is 0 Å². The lowest BCUT2D eigenvalue weighted by Crippen LogP contribution is -1.98. The first kappa shape index (κ1) is 12.2. The third kappa shape index (κ3) is 1.87. The molecule has 0 aliphatic rings. The fourth-order valence-electron chi connectivity index (χ4n) is 2.10. The van der Waals surface area contributed by atoms with E-state index in [2.05, 4.69) is 15.3 Å². The Kier molecular flexibility index (Phi) is 2.83. The van der Waals surface area contributed by atoms with Crippen LogP contribution in [0.25, 0.3) is 16.9 Å². The number of pyridine rings is 2. The standard InChI is InChI=1S/C14H12N4O2/c1-15-10-4-6-18-11(7-10)12(14(19)20)17-13(18)9-3-2-5-16-8-9/h2-8,15H,1H3,(H,19,20). The van der Waals surface area contributed by atoms with Crippen molar-refractivity contribution in [3.63, 3.8) is 0 Å². The van der Waals surface area contributed by atoms with Crippen molar-refractivity contribution in [1.82, 2.24) is 14.4 Å². The maximum atomic E-state index is 11.3. The number of nitrogens with one attached hydrogen (secondary N) is 1. The molecule has 6 heteroatoms. The number of rotatable bonds is 3. The minimum absolute atomic E-state index is 0.0287. The monoisotopic (exact) mass is 268 g/mol. The Morgan fingerprint density at radius 3 is 2.90 bits per heavy atom. The van der Waals surface area contributed by atoms with Crippen LogP contribution in [0.5, 0.6) is 0 Å². The van der Waals surface area contributed by atoms with Crippen molar-refractivity contribution in [2.75, 3.05) is 12.4 Å². The van der Waals surface area contributed by atoms with Gasteiger partial charge in [0, 0.05) is 36.9 Å². The molecular weight excluding hydrogens is 256 g/mol. The highest BCUT2D eigenvalue weighted by Gasteiger charge is 2.18. The summed E-state index contributed by atoms with van der Waals surface area (Å²) in [5, 5.41) is 12.3. The van der Waals surface area contributed by atoms with E-state index in [9.17, 15) is 9.90 Å². The molecule has 0 saturated heterocycles. The number of carbonyl (C=O) groups is 1. The fraction of sp³-hybridized carbons (Fsp3) is 0.0714. The number of hydrogen-bond acceptors (Lipinski definition) is 4. The lowest BCUT2D eigenvalue weighted by Gasteiger charge is -2.03. The van der Waals surface area contributed by atoms with E-state index in [4.69, 9.17) is 0 Å². The minimum atomic E-state index is -1.05. The maximum absolute atomic E-state index is 11.3. The predicted molar refractivity (Wildman–Crippen MR) is 74.9 cm³/mol. The second kappa shape index (κ2) is 4.65. The van der Waals surface area contributed by atoms with E-state index in [1.54, 1.807) is 42.2 Å². The molecule has 3 heterocycles. The molecule has 2 N–H and O–H groups in total. The molecule has 0 aliphatic carbocycles. The summed E-state index contributed by atoms with van der Waals surface area (Å²) in [6.07, 6.45) is 5.12. The molecule has 100 valence electrons. The van der Waals surface area contributed by atoms with Crippen LogP contribution in [-0.4, -0.2) is 32.5 Å². The summed E-state index contributed by atoms with van der Waals surface area (Å²) in [4.78, 5) is 19.6. The van der Waals surface area contributed by atoms with Crippen LogP contribution in [0.2, 0.25) is 0 Å². The normalized spacial score (nSPS) is 10.7. The van der Waals surface area contributed by atoms with Gasteiger partial charge in [-0.3, -0.25) is 9.38 Å². The van der Waals surface area contributed by atoms with Crippen LogP contribution in [0, 0.1) is 0 Å². The number of imidazole rings is 1. The molecule has 0 aliphatic heterocycles. The van der Waals surface area contributed by atoms with Gasteiger partial charge in [0.2, 0.25) is 0 Å². The highest BCUT2D eigenvalue weighted by molar-refractivity contribution is 5.95. The predicted octanol–water partition coefficient (Wildman–Crippen LogP) is 2.14. The third-order valence-corrected chi connectivity index (χ3v) is 3.05. The van der Waals surface area contributed by atoms with Crippen molar-refractivity contribution >= 4 is 17.2 Å². The quantitative estimate of drug-likeness (QED) is 0.760. The summed E-state index contributed by atoms with van der Waals surface area (Å²) < 4.78 is 1.75. The highest BCUT2D eigenvalue weighted by atomic mass is 16.4. The van der Waals surface area contributed by atoms with Crippen LogP contribution in [0.3, 0.4) is 0 Å². The molecule has 0 saturated carbocycles. The number of aromatic carboxylic acids is 1. The fourth-order valence-corrected chi connectivity index (χ4v) is 2.10. The summed E-state index contributed by atoms with van der Waals surface area (Å²) in [6.45, 7) is 0. The first-order valence-corrected chi connectivity index (χ1v) is 6.04. The van der Waals surface area contributed by atoms with Crippen molar-refractivity contribution < 1.29 is 9.90 Å². The Morgan fingerprint density at radius 2 is 2.25 bits per heavy atom. The Morgan fingerprint density at radius 1 is 1.40 bits per heavy atom. The number of aromatic nitrogens is 3. The number of nitrogens with zero attached hydrogens (tertiary/aromatic N) is 3. The van der Waals surface area contributed by atoms with Gasteiger partial charge in [0.15, 0.2) is 5.69 Å². The highest BCUT2D eigenvalue weighted by Crippen LogP contribution is 2.24. The maximum Gasteiger partial charge on any atom is 0.356 e. The molecule has 0 amide bonds. The van der Waals surface area contributed by atoms with Crippen molar-refractivity contribution in [1.29, 1.82) is 0 Å². The Labute approximate surface area is 114 Å². The van der Waals surface area contributed by atoms with E-state index in [-0.39, 0.29) is 5.69 Å². The number of carboxylic acid groups (broad SMARTS) is 1. The van der Waals surface area contributed by atoms with Crippen LogP contribution in [0.4, 0.5) is 5.69 Å². The third-order valence-electron chi connectivity index (χ3n) is 3.05. The lowest BCUT2D eigenvalue weighted by atomic mass is 10.2. The molecule has 0 fully saturated rings. The van der Waals surface area contributed by atoms with Crippen molar-refractivity contribution in [2.24, 2.45) is 0 Å². The van der Waals surface area contributed by atoms with Crippen molar-refractivity contribution in [2.45, 2.75) is 0 Å². The minimum Gasteiger partial charge on any atom is -0.476 e. The van der Waals surface area contributed by atoms with E-state index < -0.39 is 5.97 Å². The molecule has 0 bridgehead atoms. The lowest BCUT2D eigenvalue weighted by molar-refractivity contribution is 0.0693. The largest absolute Gasteiger partial charge is 0.476 e. The van der Waals surface area contributed by atoms with Crippen LogP contribution in [0.1, 0.15) is 10.5 Å². The zero-order valence-corrected chi connectivity index (χ0v) is 10.7. The number of fused-ring (bicyclic) bond motifs is 1. The van der Waals surface area contributed by atoms with E-state index in [0.717, 1.165) is 11.3 Å². The molecule has 3 rings (SSSR count). The average molecular weight is 268 g/mol. The van der Waals surface area contributed by atoms with E-state index in [1.165, 1.54) is 0 Å². The van der Waals surface area contributed by atoms with Gasteiger partial charge in [-0.1, -0.05) is 0 Å². The number of anilines is 1. The summed E-state index contributed by atoms with van der Waals surface area (Å²) >= 11 is 0. The molecule has 20 heavy (non-hydrogen) atoms. The van der Waals surface area contributed by atoms with Gasteiger partial charge in [0.05, 0.1) is 5.52 Å². The molecule has 0 spiro atoms. The summed E-state index contributed by atoms with van der Waals surface area (Å²) in [5.74, 6) is -0.487. The van der Waals surface area contributed by atoms with Gasteiger partial charge in [-0.25, -0.2) is 9.78 Å². The zero-order chi connectivity index (χ0) is 14.1. The Bertz CT molecular complexity index is 780. The molecule has 6 nitrogen and oxygen atoms in total. The second-order valence-corrected chi connectivity index (χ2v) is 4.25. The van der Waals surface area contributed by atoms with E-state index >= 15 is 0 Å². The van der Waals surface area contributed by atoms with Crippen molar-refractivity contribution in [3.8, 4) is 11.4 Å². The Balaban J connectivity index is 2.31. The average Bonchev–Trinajstić information content (AvgIpc) is 2.87. The van der Waals surface area contributed by atoms with Crippen LogP contribution in [0.15, 0.2) is 42.9 Å². The van der Waals surface area contributed by atoms with E-state index in [1.807, 2.05) is 12.1 Å². The van der Waals surface area contributed by atoms with Gasteiger partial charge >= 0.3 is 5.97 Å². The van der Waals surface area contributed by atoms with E-state index in [0.29, 0.717) is 11.3 Å². The summed E-state index contributed by atoms with van der Waals surface area (Å²) in [5.41, 5.74) is 2.18. The van der Waals surface area contributed by atoms with Crippen molar-refractivity contribution in [3.05, 3.63) is 48.5 Å². The molecule has 0 aromatic carbocycles. The van der Waals surface area contributed by atoms with Gasteiger partial charge < -0.3 is 10.4 Å². The smallest absolute Gasteiger partial charge is 0.356 e. The number of hydrogen-bond donors (Lipinski definition) is 2. The summed E-state index contributed by atoms with van der Waals surface area (Å²) in [6, 6.07) is 7.26. The van der Waals surface area contributed by atoms with Crippen LogP contribution < -0.4 is 5.32 Å². The molecule has 0 atom stereocenters. The molecular formula is C14H12N4O2. The first-order valence-electron chi connectivity index (χ1n) is 6.04. The zero-order valence-electron chi connectivity index (χ0n) is 10.7. The van der Waals surface area contributed by atoms with Gasteiger partial charge in [0.1, 0.15) is 5.82 Å². The molecule has 3 aromatic heterocycles. The SMILES string of the molecule is CNc1ccn2c(-c3cccnc3)nc(C(=O)O)c2c1. The topological polar surface area (TPSA) is 79.5 Å². The summed E-state index contributed by atoms with van der Waals surface area (Å²) in [7, 11) is 1.78. The van der Waals surface area contributed by atoms with Gasteiger partial charge in [0.25, 0.3) is 0 Å². The first-order chi connectivity index (χ1) is 9.70. The molecule has 0 radical (unpaired) electrons.